The number of hydrogen-bond donors (Lipinski definition) is 4. The third-order valence-corrected chi connectivity index (χ3v) is 6.52. The van der Waals surface area contributed by atoms with E-state index in [0.717, 1.165) is 63.6 Å². The van der Waals surface area contributed by atoms with E-state index >= 15 is 0 Å². The van der Waals surface area contributed by atoms with Crippen LogP contribution in [0.5, 0.6) is 11.6 Å². The Labute approximate surface area is 210 Å². The van der Waals surface area contributed by atoms with Crippen molar-refractivity contribution in [2.75, 3.05) is 69.2 Å². The van der Waals surface area contributed by atoms with Crippen LogP contribution in [0.1, 0.15) is 23.0 Å². The van der Waals surface area contributed by atoms with Gasteiger partial charge in [-0.25, -0.2) is 9.97 Å². The number of para-hydroxylation sites is 2. The third-order valence-electron chi connectivity index (χ3n) is 6.52. The third kappa shape index (κ3) is 5.35. The summed E-state index contributed by atoms with van der Waals surface area (Å²) < 4.78 is 5.66. The van der Waals surface area contributed by atoms with E-state index in [2.05, 4.69) is 35.7 Å². The number of amides is 1. The summed E-state index contributed by atoms with van der Waals surface area (Å²) in [7, 11) is 0. The van der Waals surface area contributed by atoms with Crippen molar-refractivity contribution in [1.29, 1.82) is 0 Å². The Bertz CT molecular complexity index is 1220. The van der Waals surface area contributed by atoms with Crippen molar-refractivity contribution >= 4 is 28.3 Å². The van der Waals surface area contributed by atoms with E-state index in [1.807, 2.05) is 43.3 Å². The van der Waals surface area contributed by atoms with Crippen molar-refractivity contribution in [2.45, 2.75) is 13.5 Å². The molecular weight excluding hydrogens is 458 g/mol. The van der Waals surface area contributed by atoms with Crippen LogP contribution >= 0.6 is 0 Å². The molecule has 0 unspecified atom stereocenters. The van der Waals surface area contributed by atoms with E-state index in [4.69, 9.17) is 4.74 Å². The number of benzene rings is 2. The van der Waals surface area contributed by atoms with Crippen molar-refractivity contribution in [2.24, 2.45) is 0 Å². The van der Waals surface area contributed by atoms with Gasteiger partial charge in [-0.1, -0.05) is 12.1 Å². The lowest BCUT2D eigenvalue weighted by Crippen LogP contribution is -2.44. The maximum atomic E-state index is 13.4. The van der Waals surface area contributed by atoms with Gasteiger partial charge < -0.3 is 30.7 Å². The number of anilines is 2. The van der Waals surface area contributed by atoms with Gasteiger partial charge >= 0.3 is 0 Å². The Balaban J connectivity index is 1.48. The average molecular weight is 492 g/mol. The minimum atomic E-state index is -0.401. The quantitative estimate of drug-likeness (QED) is 0.367. The number of phenolic OH excluding ortho intramolecular Hbond substituents is 1. The van der Waals surface area contributed by atoms with E-state index in [1.54, 1.807) is 0 Å². The average Bonchev–Trinajstić information content (AvgIpc) is 2.91. The van der Waals surface area contributed by atoms with Crippen molar-refractivity contribution in [1.82, 2.24) is 25.5 Å². The molecule has 0 atom stereocenters. The van der Waals surface area contributed by atoms with Gasteiger partial charge in [-0.15, -0.1) is 0 Å². The van der Waals surface area contributed by atoms with Crippen molar-refractivity contribution in [3.8, 4) is 11.6 Å². The van der Waals surface area contributed by atoms with E-state index in [9.17, 15) is 9.90 Å². The molecule has 2 aliphatic heterocycles. The molecule has 10 nitrogen and oxygen atoms in total. The second-order valence-electron chi connectivity index (χ2n) is 9.02. The molecule has 5 rings (SSSR count). The number of phenols is 1. The molecule has 2 aromatic carbocycles. The van der Waals surface area contributed by atoms with E-state index in [0.29, 0.717) is 29.9 Å². The Morgan fingerprint density at radius 2 is 1.69 bits per heavy atom. The van der Waals surface area contributed by atoms with Crippen LogP contribution in [-0.4, -0.2) is 84.8 Å². The van der Waals surface area contributed by atoms with Crippen molar-refractivity contribution < 1.29 is 14.6 Å². The fourth-order valence-corrected chi connectivity index (χ4v) is 4.69. The minimum absolute atomic E-state index is 0.135. The summed E-state index contributed by atoms with van der Waals surface area (Å²) in [6, 6.07) is 11.1. The van der Waals surface area contributed by atoms with Gasteiger partial charge in [0.05, 0.1) is 23.3 Å². The first-order chi connectivity index (χ1) is 17.6. The molecule has 1 aromatic heterocycles. The smallest absolute Gasteiger partial charge is 0.279 e. The number of nitrogens with one attached hydrogen (secondary N) is 3. The molecule has 2 fully saturated rings. The first kappa shape index (κ1) is 24.2. The standard InChI is InChI=1S/C26H33N7O3/c1-2-36-26-23(30-20-5-3-4-6-21(20)31-26)25(35)29-19-15-18(17-32-11-7-27-8-12-32)24(34)22(16-19)33-13-9-28-10-14-33/h3-6,15-16,27-28,34H,2,7-14,17H2,1H3,(H,29,35). The zero-order chi connectivity index (χ0) is 24.9. The molecule has 36 heavy (non-hydrogen) atoms. The number of carbonyl (C=O) groups is 1. The van der Waals surface area contributed by atoms with Crippen LogP contribution in [0.2, 0.25) is 0 Å². The highest BCUT2D eigenvalue weighted by atomic mass is 16.5. The Kier molecular flexibility index (Phi) is 7.45. The summed E-state index contributed by atoms with van der Waals surface area (Å²) in [4.78, 5) is 27.0. The van der Waals surface area contributed by atoms with Crippen molar-refractivity contribution in [3.05, 3.63) is 47.7 Å². The molecule has 0 spiro atoms. The Hall–Kier alpha value is -3.47. The van der Waals surface area contributed by atoms with Crippen LogP contribution in [0.4, 0.5) is 11.4 Å². The lowest BCUT2D eigenvalue weighted by molar-refractivity contribution is 0.101. The summed E-state index contributed by atoms with van der Waals surface area (Å²) >= 11 is 0. The summed E-state index contributed by atoms with van der Waals surface area (Å²) in [5.41, 5.74) is 3.55. The molecule has 0 saturated carbocycles. The normalized spacial score (nSPS) is 16.8. The molecule has 3 heterocycles. The van der Waals surface area contributed by atoms with Gasteiger partial charge in [-0.2, -0.15) is 0 Å². The highest BCUT2D eigenvalue weighted by Crippen LogP contribution is 2.36. The lowest BCUT2D eigenvalue weighted by Gasteiger charge is -2.32. The van der Waals surface area contributed by atoms with Gasteiger partial charge in [-0.3, -0.25) is 9.69 Å². The van der Waals surface area contributed by atoms with E-state index in [-0.39, 0.29) is 17.3 Å². The van der Waals surface area contributed by atoms with Crippen LogP contribution in [0.25, 0.3) is 11.0 Å². The summed E-state index contributed by atoms with van der Waals surface area (Å²) in [6.45, 7) is 9.72. The van der Waals surface area contributed by atoms with Crippen LogP contribution < -0.4 is 25.6 Å². The summed E-state index contributed by atoms with van der Waals surface area (Å²) in [5, 5.41) is 20.9. The lowest BCUT2D eigenvalue weighted by atomic mass is 10.1. The second kappa shape index (κ2) is 11.1. The van der Waals surface area contributed by atoms with Gasteiger partial charge in [0.1, 0.15) is 5.75 Å². The van der Waals surface area contributed by atoms with Gasteiger partial charge in [0.25, 0.3) is 5.91 Å². The monoisotopic (exact) mass is 491 g/mol. The predicted molar refractivity (Wildman–Crippen MR) is 140 cm³/mol. The summed E-state index contributed by atoms with van der Waals surface area (Å²) in [5.74, 6) is 0.0755. The highest BCUT2D eigenvalue weighted by molar-refractivity contribution is 6.05. The number of rotatable bonds is 7. The molecule has 4 N–H and O–H groups in total. The molecule has 2 saturated heterocycles. The maximum absolute atomic E-state index is 13.4. The number of aromatic hydroxyl groups is 1. The molecule has 0 bridgehead atoms. The molecule has 2 aliphatic rings. The maximum Gasteiger partial charge on any atom is 0.279 e. The van der Waals surface area contributed by atoms with Crippen molar-refractivity contribution in [3.63, 3.8) is 0 Å². The molecule has 0 aliphatic carbocycles. The molecule has 10 heteroatoms. The molecule has 3 aromatic rings. The number of hydrogen-bond acceptors (Lipinski definition) is 9. The van der Waals surface area contributed by atoms with Crippen LogP contribution in [0.15, 0.2) is 36.4 Å². The zero-order valence-electron chi connectivity index (χ0n) is 20.6. The second-order valence-corrected chi connectivity index (χ2v) is 9.02. The molecule has 0 radical (unpaired) electrons. The van der Waals surface area contributed by atoms with Gasteiger partial charge in [0.15, 0.2) is 5.69 Å². The topological polar surface area (TPSA) is 115 Å². The predicted octanol–water partition coefficient (Wildman–Crippen LogP) is 1.80. The summed E-state index contributed by atoms with van der Waals surface area (Å²) in [6.07, 6.45) is 0. The van der Waals surface area contributed by atoms with Gasteiger partial charge in [0, 0.05) is 70.2 Å². The molecule has 1 amide bonds. The Morgan fingerprint density at radius 3 is 2.39 bits per heavy atom. The SMILES string of the molecule is CCOc1nc2ccccc2nc1C(=O)Nc1cc(CN2CCNCC2)c(O)c(N2CCNCC2)c1. The Morgan fingerprint density at radius 1 is 1.03 bits per heavy atom. The van der Waals surface area contributed by atoms with Crippen LogP contribution in [0, 0.1) is 0 Å². The molecular formula is C26H33N7O3. The van der Waals surface area contributed by atoms with Crippen LogP contribution in [0.3, 0.4) is 0 Å². The van der Waals surface area contributed by atoms with Gasteiger partial charge in [0.2, 0.25) is 5.88 Å². The number of piperazine rings is 2. The zero-order valence-corrected chi connectivity index (χ0v) is 20.6. The highest BCUT2D eigenvalue weighted by Gasteiger charge is 2.23. The van der Waals surface area contributed by atoms with Gasteiger partial charge in [-0.05, 0) is 31.2 Å². The first-order valence-corrected chi connectivity index (χ1v) is 12.6. The minimum Gasteiger partial charge on any atom is -0.505 e. The van der Waals surface area contributed by atoms with E-state index in [1.165, 1.54) is 0 Å². The molecule has 190 valence electrons. The number of carbonyl (C=O) groups excluding carboxylic acids is 1. The number of fused-ring (bicyclic) bond motifs is 1. The first-order valence-electron chi connectivity index (χ1n) is 12.6. The number of aromatic nitrogens is 2. The van der Waals surface area contributed by atoms with Crippen LogP contribution in [-0.2, 0) is 6.54 Å². The van der Waals surface area contributed by atoms with E-state index < -0.39 is 5.91 Å². The fourth-order valence-electron chi connectivity index (χ4n) is 4.69. The fraction of sp³-hybridized carbons (Fsp3) is 0.423. The largest absolute Gasteiger partial charge is 0.505 e. The number of nitrogens with zero attached hydrogens (tertiary/aromatic N) is 4. The number of ether oxygens (including phenoxy) is 1.